The van der Waals surface area contributed by atoms with Gasteiger partial charge in [0.25, 0.3) is 6.43 Å². The molecular formula is C14H17ClF2N2O. The van der Waals surface area contributed by atoms with Crippen molar-refractivity contribution in [3.8, 4) is 0 Å². The van der Waals surface area contributed by atoms with Crippen LogP contribution < -0.4 is 5.32 Å². The molecule has 0 aromatic rings. The van der Waals surface area contributed by atoms with Crippen molar-refractivity contribution in [1.29, 1.82) is 0 Å². The summed E-state index contributed by atoms with van der Waals surface area (Å²) in [5, 5.41) is 2.70. The zero-order chi connectivity index (χ0) is 14.1. The lowest BCUT2D eigenvalue weighted by Gasteiger charge is -2.30. The Labute approximate surface area is 121 Å². The summed E-state index contributed by atoms with van der Waals surface area (Å²) in [5.41, 5.74) is 1.80. The molecule has 1 saturated carbocycles. The zero-order valence-corrected chi connectivity index (χ0v) is 11.8. The van der Waals surface area contributed by atoms with Crippen LogP contribution in [-0.2, 0) is 4.74 Å². The minimum absolute atomic E-state index is 0.220. The summed E-state index contributed by atoms with van der Waals surface area (Å²) in [7, 11) is 0. The third kappa shape index (κ3) is 3.04. The van der Waals surface area contributed by atoms with E-state index in [2.05, 4.69) is 10.3 Å². The summed E-state index contributed by atoms with van der Waals surface area (Å²) in [6.07, 6.45) is 4.55. The number of hydrogen-bond acceptors (Lipinski definition) is 3. The molecule has 2 heterocycles. The number of amidine groups is 1. The molecule has 1 N–H and O–H groups in total. The number of nitrogens with zero attached hydrogens (tertiary/aromatic N) is 1. The predicted molar refractivity (Wildman–Crippen MR) is 73.9 cm³/mol. The summed E-state index contributed by atoms with van der Waals surface area (Å²) in [6, 6.07) is 0. The molecule has 1 atom stereocenters. The average molecular weight is 303 g/mol. The van der Waals surface area contributed by atoms with E-state index in [0.717, 1.165) is 29.9 Å². The van der Waals surface area contributed by atoms with E-state index in [0.29, 0.717) is 6.61 Å². The molecule has 3 rings (SSSR count). The van der Waals surface area contributed by atoms with Gasteiger partial charge in [0, 0.05) is 5.57 Å². The Kier molecular flexibility index (Phi) is 4.08. The minimum Gasteiger partial charge on any atom is -0.348 e. The van der Waals surface area contributed by atoms with Crippen LogP contribution in [0.3, 0.4) is 0 Å². The van der Waals surface area contributed by atoms with Gasteiger partial charge >= 0.3 is 0 Å². The Morgan fingerprint density at radius 3 is 2.95 bits per heavy atom. The Balaban J connectivity index is 1.70. The van der Waals surface area contributed by atoms with Gasteiger partial charge in [0.2, 0.25) is 0 Å². The Bertz CT molecular complexity index is 484. The number of aliphatic imine (C=N–C) groups is 1. The molecular weight excluding hydrogens is 286 g/mol. The number of rotatable bonds is 5. The zero-order valence-electron chi connectivity index (χ0n) is 11.0. The summed E-state index contributed by atoms with van der Waals surface area (Å²) < 4.78 is 30.8. The van der Waals surface area contributed by atoms with Gasteiger partial charge in [-0.25, -0.2) is 13.8 Å². The molecule has 20 heavy (non-hydrogen) atoms. The fourth-order valence-electron chi connectivity index (χ4n) is 2.62. The molecule has 0 spiro atoms. The van der Waals surface area contributed by atoms with Crippen molar-refractivity contribution in [3.63, 3.8) is 0 Å². The van der Waals surface area contributed by atoms with Crippen molar-refractivity contribution in [1.82, 2.24) is 5.32 Å². The molecule has 2 aliphatic heterocycles. The van der Waals surface area contributed by atoms with Crippen molar-refractivity contribution in [2.75, 3.05) is 6.61 Å². The Hall–Kier alpha value is -0.940. The third-order valence-corrected chi connectivity index (χ3v) is 4.17. The lowest BCUT2D eigenvalue weighted by molar-refractivity contribution is 0.0957. The van der Waals surface area contributed by atoms with Crippen LogP contribution in [0.4, 0.5) is 8.78 Å². The van der Waals surface area contributed by atoms with E-state index < -0.39 is 18.5 Å². The van der Waals surface area contributed by atoms with Crippen LogP contribution in [0, 0.1) is 5.92 Å². The number of ether oxygens (including phenoxy) is 1. The van der Waals surface area contributed by atoms with Crippen LogP contribution in [0.5, 0.6) is 0 Å². The van der Waals surface area contributed by atoms with Gasteiger partial charge < -0.3 is 10.1 Å². The molecule has 1 aliphatic carbocycles. The maximum Gasteiger partial charge on any atom is 0.295 e. The van der Waals surface area contributed by atoms with Gasteiger partial charge in [-0.15, -0.1) is 0 Å². The van der Waals surface area contributed by atoms with Crippen LogP contribution in [0.25, 0.3) is 0 Å². The van der Waals surface area contributed by atoms with E-state index in [9.17, 15) is 8.78 Å². The lowest BCUT2D eigenvalue weighted by Crippen LogP contribution is -2.38. The highest BCUT2D eigenvalue weighted by atomic mass is 35.5. The van der Waals surface area contributed by atoms with E-state index >= 15 is 0 Å². The molecule has 0 radical (unpaired) electrons. The first kappa shape index (κ1) is 14.0. The van der Waals surface area contributed by atoms with Crippen molar-refractivity contribution in [2.45, 2.75) is 44.8 Å². The van der Waals surface area contributed by atoms with Crippen molar-refractivity contribution in [3.05, 3.63) is 22.4 Å². The summed E-state index contributed by atoms with van der Waals surface area (Å²) >= 11 is 6.11. The van der Waals surface area contributed by atoms with E-state index in [1.807, 2.05) is 6.08 Å². The second kappa shape index (κ2) is 5.82. The van der Waals surface area contributed by atoms with Gasteiger partial charge in [0.1, 0.15) is 5.16 Å². The maximum atomic E-state index is 12.7. The highest BCUT2D eigenvalue weighted by Crippen LogP contribution is 2.37. The fraction of sp³-hybridized carbons (Fsp3) is 0.643. The van der Waals surface area contributed by atoms with Crippen LogP contribution in [-0.4, -0.2) is 25.1 Å². The van der Waals surface area contributed by atoms with Crippen LogP contribution in [0.15, 0.2) is 27.4 Å². The lowest BCUT2D eigenvalue weighted by atomic mass is 9.96. The van der Waals surface area contributed by atoms with Crippen molar-refractivity contribution >= 4 is 17.4 Å². The molecule has 0 saturated heterocycles. The smallest absolute Gasteiger partial charge is 0.295 e. The molecule has 110 valence electrons. The van der Waals surface area contributed by atoms with Gasteiger partial charge in [-0.1, -0.05) is 36.9 Å². The standard InChI is InChI=1S/C14H17ClF2N2O/c15-11-10-9(3-1-2-8-4-5-8)6-7-20-14(10)19-13(18-11)12(16)17/h6,8,12,14H,1-5,7H2,(H,18,19). The summed E-state index contributed by atoms with van der Waals surface area (Å²) in [4.78, 5) is 3.91. The van der Waals surface area contributed by atoms with E-state index in [-0.39, 0.29) is 5.16 Å². The van der Waals surface area contributed by atoms with Gasteiger partial charge in [0.15, 0.2) is 12.1 Å². The Morgan fingerprint density at radius 2 is 2.25 bits per heavy atom. The van der Waals surface area contributed by atoms with E-state index in [4.69, 9.17) is 16.3 Å². The van der Waals surface area contributed by atoms with Gasteiger partial charge in [-0.05, 0) is 24.3 Å². The van der Waals surface area contributed by atoms with Crippen LogP contribution in [0.2, 0.25) is 0 Å². The maximum absolute atomic E-state index is 12.7. The number of fused-ring (bicyclic) bond motifs is 1. The molecule has 0 bridgehead atoms. The largest absolute Gasteiger partial charge is 0.348 e. The summed E-state index contributed by atoms with van der Waals surface area (Å²) in [5.74, 6) is 0.478. The fourth-order valence-corrected chi connectivity index (χ4v) is 2.93. The Morgan fingerprint density at radius 1 is 1.45 bits per heavy atom. The predicted octanol–water partition coefficient (Wildman–Crippen LogP) is 3.57. The normalized spacial score (nSPS) is 26.1. The first-order valence-electron chi connectivity index (χ1n) is 6.98. The third-order valence-electron chi connectivity index (χ3n) is 3.87. The van der Waals surface area contributed by atoms with Crippen LogP contribution in [0.1, 0.15) is 32.1 Å². The first-order valence-corrected chi connectivity index (χ1v) is 7.36. The second-order valence-corrected chi connectivity index (χ2v) is 5.80. The first-order chi connectivity index (χ1) is 9.65. The van der Waals surface area contributed by atoms with E-state index in [1.165, 1.54) is 19.3 Å². The molecule has 1 unspecified atom stereocenters. The number of hydrogen-bond donors (Lipinski definition) is 1. The number of halogens is 3. The van der Waals surface area contributed by atoms with Gasteiger partial charge in [0.05, 0.1) is 6.61 Å². The van der Waals surface area contributed by atoms with Gasteiger partial charge in [-0.3, -0.25) is 0 Å². The highest BCUT2D eigenvalue weighted by Gasteiger charge is 2.32. The minimum atomic E-state index is -2.67. The second-order valence-electron chi connectivity index (χ2n) is 5.42. The molecule has 0 amide bonds. The van der Waals surface area contributed by atoms with Crippen molar-refractivity contribution in [2.24, 2.45) is 10.9 Å². The number of alkyl halides is 2. The highest BCUT2D eigenvalue weighted by molar-refractivity contribution is 6.31. The number of nitrogens with one attached hydrogen (secondary N) is 1. The molecule has 0 aromatic heterocycles. The molecule has 0 aromatic carbocycles. The van der Waals surface area contributed by atoms with Gasteiger partial charge in [-0.2, -0.15) is 0 Å². The summed E-state index contributed by atoms with van der Waals surface area (Å²) in [6.45, 7) is 0.400. The topological polar surface area (TPSA) is 33.6 Å². The van der Waals surface area contributed by atoms with Crippen LogP contribution >= 0.6 is 11.6 Å². The SMILES string of the molecule is FC(F)C1=NC2OCC=C(CCCC3CC3)C2=C(Cl)N1. The molecule has 1 fully saturated rings. The quantitative estimate of drug-likeness (QED) is 0.788. The van der Waals surface area contributed by atoms with Crippen molar-refractivity contribution < 1.29 is 13.5 Å². The average Bonchev–Trinajstić information content (AvgIpc) is 3.22. The van der Waals surface area contributed by atoms with E-state index in [1.54, 1.807) is 0 Å². The molecule has 3 nitrogen and oxygen atoms in total. The molecule has 3 aliphatic rings. The monoisotopic (exact) mass is 302 g/mol. The molecule has 6 heteroatoms.